The SMILES string of the molecule is Cc1ccsc1-c1ccnc2ccc(C=O)cc12. The molecule has 0 radical (unpaired) electrons. The van der Waals surface area contributed by atoms with Gasteiger partial charge in [-0.15, -0.1) is 11.3 Å². The van der Waals surface area contributed by atoms with Gasteiger partial charge in [-0.2, -0.15) is 0 Å². The molecule has 88 valence electrons. The van der Waals surface area contributed by atoms with Gasteiger partial charge in [-0.05, 0) is 48.2 Å². The van der Waals surface area contributed by atoms with E-state index in [4.69, 9.17) is 0 Å². The summed E-state index contributed by atoms with van der Waals surface area (Å²) in [5, 5.41) is 3.12. The van der Waals surface area contributed by atoms with Gasteiger partial charge in [0.05, 0.1) is 5.52 Å². The molecule has 2 nitrogen and oxygen atoms in total. The van der Waals surface area contributed by atoms with E-state index in [-0.39, 0.29) is 0 Å². The van der Waals surface area contributed by atoms with Crippen LogP contribution in [0.3, 0.4) is 0 Å². The summed E-state index contributed by atoms with van der Waals surface area (Å²) in [4.78, 5) is 16.5. The van der Waals surface area contributed by atoms with Crippen molar-refractivity contribution in [2.45, 2.75) is 6.92 Å². The lowest BCUT2D eigenvalue weighted by atomic mass is 10.0. The molecular formula is C15H11NOS. The quantitative estimate of drug-likeness (QED) is 0.644. The lowest BCUT2D eigenvalue weighted by Crippen LogP contribution is -1.86. The molecule has 1 aromatic carbocycles. The molecule has 0 fully saturated rings. The third kappa shape index (κ3) is 1.73. The lowest BCUT2D eigenvalue weighted by Gasteiger charge is -2.06. The average molecular weight is 253 g/mol. The molecule has 0 aliphatic carbocycles. The third-order valence-electron chi connectivity index (χ3n) is 3.01. The normalized spacial score (nSPS) is 10.7. The molecule has 0 aliphatic heterocycles. The number of aryl methyl sites for hydroxylation is 1. The number of hydrogen-bond acceptors (Lipinski definition) is 3. The molecule has 0 amide bonds. The molecule has 3 rings (SSSR count). The zero-order valence-electron chi connectivity index (χ0n) is 9.88. The monoisotopic (exact) mass is 253 g/mol. The molecule has 2 aromatic heterocycles. The van der Waals surface area contributed by atoms with Gasteiger partial charge >= 0.3 is 0 Å². The minimum Gasteiger partial charge on any atom is -0.298 e. The summed E-state index contributed by atoms with van der Waals surface area (Å²) in [6, 6.07) is 9.72. The highest BCUT2D eigenvalue weighted by atomic mass is 32.1. The van der Waals surface area contributed by atoms with Crippen molar-refractivity contribution in [3.05, 3.63) is 53.0 Å². The van der Waals surface area contributed by atoms with Crippen molar-refractivity contribution >= 4 is 28.5 Å². The Morgan fingerprint density at radius 1 is 1.22 bits per heavy atom. The summed E-state index contributed by atoms with van der Waals surface area (Å²) < 4.78 is 0. The molecule has 18 heavy (non-hydrogen) atoms. The van der Waals surface area contributed by atoms with Crippen LogP contribution in [0.1, 0.15) is 15.9 Å². The molecule has 0 N–H and O–H groups in total. The second-order valence-corrected chi connectivity index (χ2v) is 5.10. The summed E-state index contributed by atoms with van der Waals surface area (Å²) in [6.45, 7) is 2.10. The number of thiophene rings is 1. The number of nitrogens with zero attached hydrogens (tertiary/aromatic N) is 1. The van der Waals surface area contributed by atoms with Gasteiger partial charge < -0.3 is 0 Å². The molecule has 0 bridgehead atoms. The maximum Gasteiger partial charge on any atom is 0.150 e. The van der Waals surface area contributed by atoms with E-state index >= 15 is 0 Å². The Morgan fingerprint density at radius 3 is 2.83 bits per heavy atom. The zero-order chi connectivity index (χ0) is 12.5. The van der Waals surface area contributed by atoms with E-state index in [0.717, 1.165) is 22.8 Å². The molecule has 3 aromatic rings. The molecule has 0 atom stereocenters. The maximum absolute atomic E-state index is 10.9. The Balaban J connectivity index is 2.35. The summed E-state index contributed by atoms with van der Waals surface area (Å²) in [5.41, 5.74) is 4.01. The number of aromatic nitrogens is 1. The minimum atomic E-state index is 0.686. The van der Waals surface area contributed by atoms with Crippen LogP contribution in [0.25, 0.3) is 21.3 Å². The van der Waals surface area contributed by atoms with Crippen LogP contribution in [0, 0.1) is 6.92 Å². The van der Waals surface area contributed by atoms with Crippen LogP contribution in [-0.2, 0) is 0 Å². The summed E-state index contributed by atoms with van der Waals surface area (Å²) in [6.07, 6.45) is 2.69. The summed E-state index contributed by atoms with van der Waals surface area (Å²) in [7, 11) is 0. The van der Waals surface area contributed by atoms with Crippen LogP contribution in [0.5, 0.6) is 0 Å². The highest BCUT2D eigenvalue weighted by molar-refractivity contribution is 7.13. The predicted molar refractivity (Wildman–Crippen MR) is 75.2 cm³/mol. The third-order valence-corrected chi connectivity index (χ3v) is 4.06. The highest BCUT2D eigenvalue weighted by Gasteiger charge is 2.08. The molecule has 3 heteroatoms. The molecule has 2 heterocycles. The Kier molecular flexibility index (Phi) is 2.68. The van der Waals surface area contributed by atoms with Crippen molar-refractivity contribution in [2.24, 2.45) is 0 Å². The Bertz CT molecular complexity index is 730. The number of benzene rings is 1. The molecule has 0 aliphatic rings. The Morgan fingerprint density at radius 2 is 2.11 bits per heavy atom. The fourth-order valence-electron chi connectivity index (χ4n) is 2.08. The van der Waals surface area contributed by atoms with Crippen LogP contribution in [-0.4, -0.2) is 11.3 Å². The fourth-order valence-corrected chi connectivity index (χ4v) is 3.05. The number of aldehydes is 1. The van der Waals surface area contributed by atoms with Crippen molar-refractivity contribution in [1.82, 2.24) is 4.98 Å². The molecule has 0 saturated carbocycles. The van der Waals surface area contributed by atoms with Gasteiger partial charge in [0.2, 0.25) is 0 Å². The van der Waals surface area contributed by atoms with Gasteiger partial charge in [0, 0.05) is 27.6 Å². The second-order valence-electron chi connectivity index (χ2n) is 4.19. The van der Waals surface area contributed by atoms with Crippen LogP contribution >= 0.6 is 11.3 Å². The summed E-state index contributed by atoms with van der Waals surface area (Å²) >= 11 is 1.71. The number of carbonyl (C=O) groups excluding carboxylic acids is 1. The largest absolute Gasteiger partial charge is 0.298 e. The van der Waals surface area contributed by atoms with Crippen molar-refractivity contribution in [1.29, 1.82) is 0 Å². The van der Waals surface area contributed by atoms with E-state index in [1.54, 1.807) is 17.4 Å². The standard InChI is InChI=1S/C15H11NOS/c1-10-5-7-18-15(10)12-4-6-16-14-3-2-11(9-17)8-13(12)14/h2-9H,1H3. The van der Waals surface area contributed by atoms with Crippen molar-refractivity contribution < 1.29 is 4.79 Å². The van der Waals surface area contributed by atoms with Gasteiger partial charge in [-0.3, -0.25) is 9.78 Å². The average Bonchev–Trinajstić information content (AvgIpc) is 2.83. The van der Waals surface area contributed by atoms with E-state index in [9.17, 15) is 4.79 Å². The Labute approximate surface area is 109 Å². The summed E-state index contributed by atoms with van der Waals surface area (Å²) in [5.74, 6) is 0. The zero-order valence-corrected chi connectivity index (χ0v) is 10.7. The highest BCUT2D eigenvalue weighted by Crippen LogP contribution is 2.33. The molecule has 0 saturated heterocycles. The lowest BCUT2D eigenvalue weighted by molar-refractivity contribution is 0.112. The van der Waals surface area contributed by atoms with Crippen LogP contribution < -0.4 is 0 Å². The minimum absolute atomic E-state index is 0.686. The fraction of sp³-hybridized carbons (Fsp3) is 0.0667. The van der Waals surface area contributed by atoms with Gasteiger partial charge in [0.1, 0.15) is 6.29 Å². The van der Waals surface area contributed by atoms with Crippen LogP contribution in [0.15, 0.2) is 41.9 Å². The number of fused-ring (bicyclic) bond motifs is 1. The van der Waals surface area contributed by atoms with E-state index in [0.29, 0.717) is 5.56 Å². The Hall–Kier alpha value is -2.00. The van der Waals surface area contributed by atoms with Crippen molar-refractivity contribution in [3.63, 3.8) is 0 Å². The number of rotatable bonds is 2. The van der Waals surface area contributed by atoms with E-state index in [1.165, 1.54) is 10.4 Å². The van der Waals surface area contributed by atoms with Crippen LogP contribution in [0.4, 0.5) is 0 Å². The first-order valence-electron chi connectivity index (χ1n) is 5.68. The first-order valence-corrected chi connectivity index (χ1v) is 6.56. The first kappa shape index (κ1) is 11.1. The van der Waals surface area contributed by atoms with Gasteiger partial charge in [0.25, 0.3) is 0 Å². The molecule has 0 unspecified atom stereocenters. The first-order chi connectivity index (χ1) is 8.79. The van der Waals surface area contributed by atoms with Crippen molar-refractivity contribution in [2.75, 3.05) is 0 Å². The molecule has 0 spiro atoms. The second kappa shape index (κ2) is 4.35. The van der Waals surface area contributed by atoms with Crippen molar-refractivity contribution in [3.8, 4) is 10.4 Å². The van der Waals surface area contributed by atoms with Crippen LogP contribution in [0.2, 0.25) is 0 Å². The molecular weight excluding hydrogens is 242 g/mol. The maximum atomic E-state index is 10.9. The van der Waals surface area contributed by atoms with Gasteiger partial charge in [0.15, 0.2) is 0 Å². The number of hydrogen-bond donors (Lipinski definition) is 0. The number of carbonyl (C=O) groups is 1. The van der Waals surface area contributed by atoms with E-state index < -0.39 is 0 Å². The smallest absolute Gasteiger partial charge is 0.150 e. The van der Waals surface area contributed by atoms with Gasteiger partial charge in [-0.25, -0.2) is 0 Å². The predicted octanol–water partition coefficient (Wildman–Crippen LogP) is 4.08. The van der Waals surface area contributed by atoms with E-state index in [2.05, 4.69) is 23.4 Å². The van der Waals surface area contributed by atoms with Gasteiger partial charge in [-0.1, -0.05) is 0 Å². The topological polar surface area (TPSA) is 30.0 Å². The van der Waals surface area contributed by atoms with E-state index in [1.807, 2.05) is 24.4 Å². The number of pyridine rings is 1.